The van der Waals surface area contributed by atoms with Crippen molar-refractivity contribution in [1.29, 1.82) is 0 Å². The summed E-state index contributed by atoms with van der Waals surface area (Å²) >= 11 is 1.74. The van der Waals surface area contributed by atoms with E-state index in [1.54, 1.807) is 18.9 Å². The summed E-state index contributed by atoms with van der Waals surface area (Å²) in [6.45, 7) is 3.54. The molecule has 0 atom stereocenters. The quantitative estimate of drug-likeness (QED) is 0.769. The second-order valence-corrected chi connectivity index (χ2v) is 9.55. The van der Waals surface area contributed by atoms with Crippen molar-refractivity contribution in [2.45, 2.75) is 63.6 Å². The van der Waals surface area contributed by atoms with Crippen molar-refractivity contribution in [3.63, 3.8) is 0 Å². The van der Waals surface area contributed by atoms with Gasteiger partial charge in [0, 0.05) is 37.5 Å². The highest BCUT2D eigenvalue weighted by Gasteiger charge is 2.40. The largest absolute Gasteiger partial charge is 0.497 e. The fourth-order valence-corrected chi connectivity index (χ4v) is 5.31. The number of urea groups is 1. The molecular weight excluding hydrogens is 396 g/mol. The molecule has 0 radical (unpaired) electrons. The Bertz CT molecular complexity index is 807. The van der Waals surface area contributed by atoms with Gasteiger partial charge in [0.05, 0.1) is 12.8 Å². The van der Waals surface area contributed by atoms with Gasteiger partial charge in [0.1, 0.15) is 10.8 Å². The van der Waals surface area contributed by atoms with Gasteiger partial charge in [0.25, 0.3) is 0 Å². The molecule has 2 amide bonds. The molecule has 2 fully saturated rings. The number of aliphatic imine (C=N–C) groups is 2. The molecule has 162 valence electrons. The Morgan fingerprint density at radius 1 is 1.17 bits per heavy atom. The van der Waals surface area contributed by atoms with Crippen molar-refractivity contribution < 1.29 is 9.53 Å². The number of carbonyl (C=O) groups is 1. The van der Waals surface area contributed by atoms with Crippen LogP contribution in [0.1, 0.15) is 57.4 Å². The van der Waals surface area contributed by atoms with Crippen molar-refractivity contribution in [3.8, 4) is 5.75 Å². The van der Waals surface area contributed by atoms with Crippen LogP contribution in [-0.4, -0.2) is 59.3 Å². The van der Waals surface area contributed by atoms with Gasteiger partial charge >= 0.3 is 6.03 Å². The number of nitrogens with one attached hydrogen (secondary N) is 1. The van der Waals surface area contributed by atoms with E-state index >= 15 is 0 Å². The number of rotatable bonds is 4. The van der Waals surface area contributed by atoms with E-state index < -0.39 is 5.66 Å². The molecule has 1 saturated carbocycles. The average molecular weight is 429 g/mol. The van der Waals surface area contributed by atoms with Crippen LogP contribution in [-0.2, 0) is 0 Å². The van der Waals surface area contributed by atoms with Crippen LogP contribution in [0.3, 0.4) is 0 Å². The number of carbonyl (C=O) groups excluding carboxylic acids is 1. The van der Waals surface area contributed by atoms with Crippen LogP contribution in [0.5, 0.6) is 5.75 Å². The van der Waals surface area contributed by atoms with Crippen LogP contribution >= 0.6 is 11.8 Å². The zero-order valence-corrected chi connectivity index (χ0v) is 18.8. The van der Waals surface area contributed by atoms with Crippen LogP contribution in [0, 0.1) is 0 Å². The minimum Gasteiger partial charge on any atom is -0.497 e. The monoisotopic (exact) mass is 428 g/mol. The van der Waals surface area contributed by atoms with Gasteiger partial charge in [-0.2, -0.15) is 0 Å². The van der Waals surface area contributed by atoms with Gasteiger partial charge in [-0.05, 0) is 42.9 Å². The van der Waals surface area contributed by atoms with Crippen LogP contribution in [0.25, 0.3) is 0 Å². The summed E-state index contributed by atoms with van der Waals surface area (Å²) < 4.78 is 5.29. The van der Waals surface area contributed by atoms with Crippen molar-refractivity contribution in [2.75, 3.05) is 26.0 Å². The number of ether oxygens (including phenoxy) is 1. The molecule has 7 heteroatoms. The van der Waals surface area contributed by atoms with Gasteiger partial charge in [-0.1, -0.05) is 26.2 Å². The third kappa shape index (κ3) is 4.66. The van der Waals surface area contributed by atoms with Crippen LogP contribution in [0.2, 0.25) is 0 Å². The van der Waals surface area contributed by atoms with Crippen molar-refractivity contribution in [3.05, 3.63) is 29.8 Å². The van der Waals surface area contributed by atoms with Gasteiger partial charge in [-0.3, -0.25) is 4.99 Å². The molecule has 4 rings (SSSR count). The number of likely N-dealkylation sites (tertiary alicyclic amines) is 1. The first-order valence-electron chi connectivity index (χ1n) is 11.2. The molecule has 0 aromatic heterocycles. The Morgan fingerprint density at radius 2 is 1.87 bits per heavy atom. The Morgan fingerprint density at radius 3 is 2.50 bits per heavy atom. The molecule has 3 aliphatic rings. The van der Waals surface area contributed by atoms with E-state index in [1.165, 1.54) is 19.3 Å². The average Bonchev–Trinajstić information content (AvgIpc) is 3.13. The molecule has 1 aliphatic carbocycles. The first kappa shape index (κ1) is 21.2. The molecule has 0 unspecified atom stereocenters. The van der Waals surface area contributed by atoms with Crippen molar-refractivity contribution in [2.24, 2.45) is 9.98 Å². The van der Waals surface area contributed by atoms with Gasteiger partial charge in [-0.15, -0.1) is 11.8 Å². The molecule has 2 aliphatic heterocycles. The predicted octanol–water partition coefficient (Wildman–Crippen LogP) is 4.48. The van der Waals surface area contributed by atoms with Gasteiger partial charge in [0.15, 0.2) is 5.66 Å². The second kappa shape index (κ2) is 9.41. The number of hydrogen-bond donors (Lipinski definition) is 1. The molecule has 1 spiro atoms. The molecule has 30 heavy (non-hydrogen) atoms. The Labute approximate surface area is 183 Å². The van der Waals surface area contributed by atoms with Gasteiger partial charge in [-0.25, -0.2) is 9.79 Å². The van der Waals surface area contributed by atoms with Gasteiger partial charge in [0.2, 0.25) is 0 Å². The minimum atomic E-state index is -0.422. The smallest absolute Gasteiger partial charge is 0.317 e. The second-order valence-electron chi connectivity index (χ2n) is 8.29. The SMILES string of the molecule is CCSC1=NC2(CCN(C(=O)NC3CCCCC3)CC2)N=C1c1ccc(OC)cc1. The number of hydrogen-bond acceptors (Lipinski definition) is 5. The lowest BCUT2D eigenvalue weighted by Crippen LogP contribution is -2.51. The molecule has 0 bridgehead atoms. The maximum atomic E-state index is 12.7. The fourth-order valence-electron chi connectivity index (χ4n) is 4.50. The highest BCUT2D eigenvalue weighted by atomic mass is 32.2. The number of nitrogens with zero attached hydrogens (tertiary/aromatic N) is 3. The van der Waals surface area contributed by atoms with E-state index in [2.05, 4.69) is 24.4 Å². The lowest BCUT2D eigenvalue weighted by atomic mass is 9.95. The summed E-state index contributed by atoms with van der Waals surface area (Å²) in [5, 5.41) is 4.26. The van der Waals surface area contributed by atoms with E-state index in [0.717, 1.165) is 53.5 Å². The molecule has 1 aromatic rings. The third-order valence-electron chi connectivity index (χ3n) is 6.26. The molecule has 1 N–H and O–H groups in total. The summed E-state index contributed by atoms with van der Waals surface area (Å²) in [6.07, 6.45) is 7.52. The first-order valence-corrected chi connectivity index (χ1v) is 12.1. The Hall–Kier alpha value is -2.02. The summed E-state index contributed by atoms with van der Waals surface area (Å²) in [7, 11) is 1.68. The highest BCUT2D eigenvalue weighted by molar-refractivity contribution is 8.15. The molecule has 6 nitrogen and oxygen atoms in total. The number of thioether (sulfide) groups is 1. The minimum absolute atomic E-state index is 0.0845. The Kier molecular flexibility index (Phi) is 6.66. The van der Waals surface area contributed by atoms with E-state index in [1.807, 2.05) is 17.0 Å². The van der Waals surface area contributed by atoms with Crippen LogP contribution < -0.4 is 10.1 Å². The molecular formula is C23H32N4O2S. The number of benzene rings is 1. The van der Waals surface area contributed by atoms with E-state index in [0.29, 0.717) is 19.1 Å². The molecule has 1 aromatic carbocycles. The lowest BCUT2D eigenvalue weighted by Gasteiger charge is -2.36. The summed E-state index contributed by atoms with van der Waals surface area (Å²) in [4.78, 5) is 24.8. The number of methoxy groups -OCH3 is 1. The van der Waals surface area contributed by atoms with Crippen LogP contribution in [0.4, 0.5) is 4.79 Å². The normalized spacial score (nSPS) is 21.3. The summed E-state index contributed by atoms with van der Waals surface area (Å²) in [6, 6.07) is 8.47. The van der Waals surface area contributed by atoms with Crippen molar-refractivity contribution >= 4 is 28.5 Å². The maximum Gasteiger partial charge on any atom is 0.317 e. The number of piperidine rings is 1. The van der Waals surface area contributed by atoms with E-state index in [4.69, 9.17) is 14.7 Å². The van der Waals surface area contributed by atoms with E-state index in [9.17, 15) is 4.79 Å². The third-order valence-corrected chi connectivity index (χ3v) is 7.11. The first-order chi connectivity index (χ1) is 14.6. The standard InChI is InChI=1S/C23H32N4O2S/c1-3-30-21-20(17-9-11-19(29-2)12-10-17)25-23(26-21)13-15-27(16-14-23)22(28)24-18-7-5-4-6-8-18/h9-12,18H,3-8,13-16H2,1-2H3,(H,24,28). The molecule has 2 heterocycles. The molecule has 1 saturated heterocycles. The summed E-state index contributed by atoms with van der Waals surface area (Å²) in [5.74, 6) is 1.80. The number of amides is 2. The fraction of sp³-hybridized carbons (Fsp3) is 0.609. The Balaban J connectivity index is 1.43. The lowest BCUT2D eigenvalue weighted by molar-refractivity contribution is 0.158. The van der Waals surface area contributed by atoms with Crippen LogP contribution in [0.15, 0.2) is 34.3 Å². The maximum absolute atomic E-state index is 12.7. The predicted molar refractivity (Wildman–Crippen MR) is 124 cm³/mol. The van der Waals surface area contributed by atoms with E-state index in [-0.39, 0.29) is 6.03 Å². The zero-order chi connectivity index (χ0) is 21.0. The topological polar surface area (TPSA) is 66.3 Å². The van der Waals surface area contributed by atoms with Crippen molar-refractivity contribution in [1.82, 2.24) is 10.2 Å². The highest BCUT2D eigenvalue weighted by Crippen LogP contribution is 2.36. The zero-order valence-electron chi connectivity index (χ0n) is 18.0. The summed E-state index contributed by atoms with van der Waals surface area (Å²) in [5.41, 5.74) is 1.63. The van der Waals surface area contributed by atoms with Gasteiger partial charge < -0.3 is 15.0 Å².